The van der Waals surface area contributed by atoms with E-state index >= 15 is 0 Å². The first-order chi connectivity index (χ1) is 9.16. The molecule has 1 N–H and O–H groups in total. The van der Waals surface area contributed by atoms with E-state index in [0.717, 1.165) is 17.0 Å². The highest BCUT2D eigenvalue weighted by Gasteiger charge is 2.33. The van der Waals surface area contributed by atoms with E-state index in [1.165, 1.54) is 20.2 Å². The predicted molar refractivity (Wildman–Crippen MR) is 70.2 cm³/mol. The van der Waals surface area contributed by atoms with E-state index in [1.54, 1.807) is 0 Å². The van der Waals surface area contributed by atoms with Gasteiger partial charge in [0.25, 0.3) is 5.91 Å². The van der Waals surface area contributed by atoms with E-state index in [2.05, 4.69) is 21.2 Å². The van der Waals surface area contributed by atoms with Crippen molar-refractivity contribution in [2.24, 2.45) is 0 Å². The van der Waals surface area contributed by atoms with E-state index in [4.69, 9.17) is 0 Å². The first-order valence-electron chi connectivity index (χ1n) is 5.49. The van der Waals surface area contributed by atoms with Gasteiger partial charge in [-0.15, -0.1) is 0 Å². The van der Waals surface area contributed by atoms with Crippen LogP contribution in [0.1, 0.15) is 15.9 Å². The third-order valence-corrected chi connectivity index (χ3v) is 3.22. The zero-order valence-corrected chi connectivity index (χ0v) is 12.3. The molecule has 0 atom stereocenters. The highest BCUT2D eigenvalue weighted by molar-refractivity contribution is 9.10. The zero-order valence-electron chi connectivity index (χ0n) is 10.7. The molecule has 0 saturated heterocycles. The van der Waals surface area contributed by atoms with E-state index in [0.29, 0.717) is 0 Å². The van der Waals surface area contributed by atoms with Gasteiger partial charge in [-0.1, -0.05) is 15.9 Å². The molecule has 0 aliphatic rings. The van der Waals surface area contributed by atoms with E-state index in [9.17, 15) is 22.8 Å². The number of carbonyl (C=O) groups is 2. The summed E-state index contributed by atoms with van der Waals surface area (Å²) in [4.78, 5) is 24.1. The zero-order chi connectivity index (χ0) is 15.5. The minimum Gasteiger partial charge on any atom is -0.358 e. The van der Waals surface area contributed by atoms with Crippen molar-refractivity contribution in [3.8, 4) is 0 Å². The minimum absolute atomic E-state index is 0.132. The lowest BCUT2D eigenvalue weighted by Gasteiger charge is -2.17. The maximum absolute atomic E-state index is 12.7. The van der Waals surface area contributed by atoms with Crippen LogP contribution in [0.4, 0.5) is 13.2 Å². The molecule has 0 radical (unpaired) electrons. The average Bonchev–Trinajstić information content (AvgIpc) is 2.36. The van der Waals surface area contributed by atoms with Crippen molar-refractivity contribution in [1.29, 1.82) is 0 Å². The Morgan fingerprint density at radius 3 is 2.45 bits per heavy atom. The van der Waals surface area contributed by atoms with Crippen LogP contribution in [-0.2, 0) is 11.0 Å². The highest BCUT2D eigenvalue weighted by atomic mass is 79.9. The fraction of sp³-hybridized carbons (Fsp3) is 0.333. The van der Waals surface area contributed by atoms with Gasteiger partial charge in [0.05, 0.1) is 12.1 Å². The smallest absolute Gasteiger partial charge is 0.358 e. The maximum Gasteiger partial charge on any atom is 0.417 e. The Hall–Kier alpha value is -1.57. The summed E-state index contributed by atoms with van der Waals surface area (Å²) in [5, 5.41) is 2.33. The normalized spacial score (nSPS) is 11.1. The van der Waals surface area contributed by atoms with Crippen molar-refractivity contribution in [3.05, 3.63) is 33.8 Å². The molecular formula is C12H12BrF3N2O2. The van der Waals surface area contributed by atoms with Gasteiger partial charge in [-0.2, -0.15) is 13.2 Å². The van der Waals surface area contributed by atoms with Crippen molar-refractivity contribution in [3.63, 3.8) is 0 Å². The van der Waals surface area contributed by atoms with Crippen molar-refractivity contribution in [2.75, 3.05) is 20.6 Å². The van der Waals surface area contributed by atoms with Gasteiger partial charge in [-0.25, -0.2) is 0 Å². The van der Waals surface area contributed by atoms with Crippen molar-refractivity contribution < 1.29 is 22.8 Å². The van der Waals surface area contributed by atoms with Crippen molar-refractivity contribution in [2.45, 2.75) is 6.18 Å². The highest BCUT2D eigenvalue weighted by Crippen LogP contribution is 2.35. The second-order valence-electron chi connectivity index (χ2n) is 4.03. The van der Waals surface area contributed by atoms with Gasteiger partial charge < -0.3 is 10.2 Å². The van der Waals surface area contributed by atoms with Crippen LogP contribution >= 0.6 is 15.9 Å². The van der Waals surface area contributed by atoms with Crippen LogP contribution in [0.15, 0.2) is 22.7 Å². The second kappa shape index (κ2) is 6.25. The number of rotatable bonds is 3. The summed E-state index contributed by atoms with van der Waals surface area (Å²) in [5.74, 6) is -1.07. The first kappa shape index (κ1) is 16.5. The minimum atomic E-state index is -4.56. The number of nitrogens with zero attached hydrogens (tertiary/aromatic N) is 1. The van der Waals surface area contributed by atoms with Crippen LogP contribution in [0.25, 0.3) is 0 Å². The van der Waals surface area contributed by atoms with Gasteiger partial charge in [0.15, 0.2) is 0 Å². The lowest BCUT2D eigenvalue weighted by molar-refractivity contribution is -0.138. The Labute approximate surface area is 122 Å². The molecule has 110 valence electrons. The Morgan fingerprint density at radius 2 is 1.95 bits per heavy atom. The van der Waals surface area contributed by atoms with E-state index < -0.39 is 23.6 Å². The summed E-state index contributed by atoms with van der Waals surface area (Å²) in [6, 6.07) is 3.18. The third-order valence-electron chi connectivity index (χ3n) is 2.53. The maximum atomic E-state index is 12.7. The van der Waals surface area contributed by atoms with E-state index in [-0.39, 0.29) is 16.6 Å². The Bertz CT molecular complexity index is 532. The first-order valence-corrected chi connectivity index (χ1v) is 6.29. The van der Waals surface area contributed by atoms with Crippen LogP contribution in [0.5, 0.6) is 0 Å². The number of likely N-dealkylation sites (N-methyl/N-ethyl adjacent to an activating group) is 2. The summed E-state index contributed by atoms with van der Waals surface area (Å²) < 4.78 is 38.1. The molecule has 20 heavy (non-hydrogen) atoms. The molecule has 1 aromatic carbocycles. The lowest BCUT2D eigenvalue weighted by Crippen LogP contribution is -2.37. The topological polar surface area (TPSA) is 49.4 Å². The van der Waals surface area contributed by atoms with Crippen LogP contribution in [-0.4, -0.2) is 37.4 Å². The number of hydrogen-bond donors (Lipinski definition) is 1. The van der Waals surface area contributed by atoms with Gasteiger partial charge in [0.1, 0.15) is 0 Å². The van der Waals surface area contributed by atoms with Crippen LogP contribution in [0.2, 0.25) is 0 Å². The summed E-state index contributed by atoms with van der Waals surface area (Å²) in [5.41, 5.74) is -1.07. The SMILES string of the molecule is CNC(=O)CN(C)C(=O)c1ccc(Br)c(C(F)(F)F)c1. The second-order valence-corrected chi connectivity index (χ2v) is 4.88. The molecule has 0 aliphatic heterocycles. The molecule has 1 rings (SSSR count). The molecule has 0 bridgehead atoms. The average molecular weight is 353 g/mol. The van der Waals surface area contributed by atoms with Crippen molar-refractivity contribution in [1.82, 2.24) is 10.2 Å². The standard InChI is InChI=1S/C12H12BrF3N2O2/c1-17-10(19)6-18(2)11(20)7-3-4-9(13)8(5-7)12(14,15)16/h3-5H,6H2,1-2H3,(H,17,19). The fourth-order valence-electron chi connectivity index (χ4n) is 1.46. The number of carbonyl (C=O) groups excluding carboxylic acids is 2. The molecule has 4 nitrogen and oxygen atoms in total. The largest absolute Gasteiger partial charge is 0.417 e. The van der Waals surface area contributed by atoms with Gasteiger partial charge in [0, 0.05) is 24.1 Å². The van der Waals surface area contributed by atoms with Gasteiger partial charge in [-0.3, -0.25) is 9.59 Å². The van der Waals surface area contributed by atoms with Crippen LogP contribution < -0.4 is 5.32 Å². The molecule has 0 fully saturated rings. The predicted octanol–water partition coefficient (Wildman–Crippen LogP) is 2.29. The number of benzene rings is 1. The molecular weight excluding hydrogens is 341 g/mol. The Morgan fingerprint density at radius 1 is 1.35 bits per heavy atom. The quantitative estimate of drug-likeness (QED) is 0.907. The van der Waals surface area contributed by atoms with Gasteiger partial charge >= 0.3 is 6.18 Å². The van der Waals surface area contributed by atoms with Crippen LogP contribution in [0, 0.1) is 0 Å². The van der Waals surface area contributed by atoms with Gasteiger partial charge in [0.2, 0.25) is 5.91 Å². The van der Waals surface area contributed by atoms with Crippen LogP contribution in [0.3, 0.4) is 0 Å². The lowest BCUT2D eigenvalue weighted by atomic mass is 10.1. The number of amides is 2. The van der Waals surface area contributed by atoms with Crippen molar-refractivity contribution >= 4 is 27.7 Å². The Balaban J connectivity index is 3.03. The van der Waals surface area contributed by atoms with E-state index in [1.807, 2.05) is 0 Å². The number of hydrogen-bond acceptors (Lipinski definition) is 2. The molecule has 0 saturated carbocycles. The molecule has 1 aromatic rings. The molecule has 0 aromatic heterocycles. The van der Waals surface area contributed by atoms with Gasteiger partial charge in [-0.05, 0) is 18.2 Å². The fourth-order valence-corrected chi connectivity index (χ4v) is 1.93. The molecule has 8 heteroatoms. The monoisotopic (exact) mass is 352 g/mol. The number of halogens is 4. The molecule has 0 spiro atoms. The number of alkyl halides is 3. The summed E-state index contributed by atoms with van der Waals surface area (Å²) in [6.45, 7) is -0.229. The summed E-state index contributed by atoms with van der Waals surface area (Å²) >= 11 is 2.79. The molecule has 2 amide bonds. The Kier molecular flexibility index (Phi) is 5.15. The molecule has 0 aliphatic carbocycles. The summed E-state index contributed by atoms with van der Waals surface area (Å²) in [6.07, 6.45) is -4.56. The number of nitrogens with one attached hydrogen (secondary N) is 1. The molecule has 0 heterocycles. The molecule has 0 unspecified atom stereocenters. The summed E-state index contributed by atoms with van der Waals surface area (Å²) in [7, 11) is 2.74. The third kappa shape index (κ3) is 3.96.